The second-order valence-corrected chi connectivity index (χ2v) is 10.2. The fourth-order valence-electron chi connectivity index (χ4n) is 3.90. The first kappa shape index (κ1) is 21.5. The SMILES string of the molecule is CCCCC1=[C]([Zr+2][C]2=CC=CC2)C(C2CCCCC2)=CC1.[Cl-].[Cl-]. The summed E-state index contributed by atoms with van der Waals surface area (Å²) in [6.07, 6.45) is 23.7. The van der Waals surface area contributed by atoms with Crippen LogP contribution in [0, 0.1) is 5.92 Å². The molecule has 3 heteroatoms. The molecule has 0 heterocycles. The van der Waals surface area contributed by atoms with Gasteiger partial charge in [-0.05, 0) is 0 Å². The normalized spacial score (nSPS) is 20.6. The molecule has 1 saturated carbocycles. The van der Waals surface area contributed by atoms with Crippen LogP contribution in [0.1, 0.15) is 71.1 Å². The van der Waals surface area contributed by atoms with E-state index in [2.05, 4.69) is 31.2 Å². The smallest absolute Gasteiger partial charge is 1.00 e. The van der Waals surface area contributed by atoms with Crippen LogP contribution in [0.5, 0.6) is 0 Å². The van der Waals surface area contributed by atoms with Crippen molar-refractivity contribution in [1.29, 1.82) is 0 Å². The van der Waals surface area contributed by atoms with Crippen LogP contribution in [-0.4, -0.2) is 0 Å². The standard InChI is InChI=1S/C15H23.C5H5.2ClH.Zr/c1-2-3-7-13-10-11-15(12-13)14-8-5-4-6-9-14;1-2-4-5-3-1;;;/h11,14H,2-10H2,1H3;1-3H,4H2;2*1H;/q;;;;+2/p-2. The van der Waals surface area contributed by atoms with E-state index in [4.69, 9.17) is 0 Å². The largest absolute Gasteiger partial charge is 1.00 e. The van der Waals surface area contributed by atoms with Gasteiger partial charge in [0.15, 0.2) is 0 Å². The molecular formula is C20H28Cl2Zr. The molecule has 0 radical (unpaired) electrons. The molecule has 3 aliphatic carbocycles. The fourth-order valence-corrected chi connectivity index (χ4v) is 7.78. The molecule has 126 valence electrons. The average Bonchev–Trinajstić information content (AvgIpc) is 3.17. The zero-order valence-corrected chi connectivity index (χ0v) is 18.2. The van der Waals surface area contributed by atoms with Crippen molar-refractivity contribution in [2.75, 3.05) is 0 Å². The zero-order chi connectivity index (χ0) is 14.5. The van der Waals surface area contributed by atoms with Crippen LogP contribution >= 0.6 is 0 Å². The number of halogens is 2. The molecule has 0 spiro atoms. The molecule has 3 rings (SSSR count). The maximum absolute atomic E-state index is 2.64. The van der Waals surface area contributed by atoms with E-state index in [9.17, 15) is 0 Å². The number of rotatable bonds is 6. The van der Waals surface area contributed by atoms with Crippen molar-refractivity contribution in [3.05, 3.63) is 42.0 Å². The van der Waals surface area contributed by atoms with Gasteiger partial charge in [0.05, 0.1) is 0 Å². The molecule has 0 amide bonds. The van der Waals surface area contributed by atoms with Crippen molar-refractivity contribution in [1.82, 2.24) is 0 Å². The molecule has 0 saturated heterocycles. The fraction of sp³-hybridized carbons (Fsp3) is 0.600. The molecule has 0 nitrogen and oxygen atoms in total. The Morgan fingerprint density at radius 3 is 2.52 bits per heavy atom. The van der Waals surface area contributed by atoms with Crippen molar-refractivity contribution in [2.45, 2.75) is 71.1 Å². The summed E-state index contributed by atoms with van der Waals surface area (Å²) in [5.41, 5.74) is 3.68. The summed E-state index contributed by atoms with van der Waals surface area (Å²) < 4.78 is 3.72. The topological polar surface area (TPSA) is 0 Å². The van der Waals surface area contributed by atoms with E-state index in [0.717, 1.165) is 5.92 Å². The molecule has 23 heavy (non-hydrogen) atoms. The van der Waals surface area contributed by atoms with Crippen LogP contribution in [0.25, 0.3) is 0 Å². The van der Waals surface area contributed by atoms with Crippen molar-refractivity contribution >= 4 is 0 Å². The van der Waals surface area contributed by atoms with Gasteiger partial charge >= 0.3 is 142 Å². The Bertz CT molecular complexity index is 494. The molecule has 0 bridgehead atoms. The molecule has 0 N–H and O–H groups in total. The summed E-state index contributed by atoms with van der Waals surface area (Å²) >= 11 is -0.513. The summed E-state index contributed by atoms with van der Waals surface area (Å²) in [4.78, 5) is 0. The van der Waals surface area contributed by atoms with Gasteiger partial charge in [0, 0.05) is 0 Å². The summed E-state index contributed by atoms with van der Waals surface area (Å²) in [6, 6.07) is 0. The number of hydrogen-bond donors (Lipinski definition) is 0. The minimum Gasteiger partial charge on any atom is -1.00 e. The van der Waals surface area contributed by atoms with Gasteiger partial charge in [-0.15, -0.1) is 0 Å². The molecule has 0 aliphatic heterocycles. The molecule has 0 atom stereocenters. The molecule has 0 aromatic heterocycles. The van der Waals surface area contributed by atoms with Gasteiger partial charge < -0.3 is 24.8 Å². The Balaban J connectivity index is 0.00000132. The van der Waals surface area contributed by atoms with Crippen LogP contribution < -0.4 is 24.8 Å². The molecule has 0 unspecified atom stereocenters. The minimum absolute atomic E-state index is 0. The van der Waals surface area contributed by atoms with Crippen molar-refractivity contribution in [3.63, 3.8) is 0 Å². The maximum atomic E-state index is 2.64. The first-order chi connectivity index (χ1) is 10.4. The van der Waals surface area contributed by atoms with Crippen molar-refractivity contribution < 1.29 is 48.0 Å². The van der Waals surface area contributed by atoms with Crippen molar-refractivity contribution in [2.24, 2.45) is 5.92 Å². The number of allylic oxidation sites excluding steroid dienone is 8. The second kappa shape index (κ2) is 11.1. The Hall–Kier alpha value is 0.423. The third-order valence-corrected chi connectivity index (χ3v) is 9.04. The Kier molecular flexibility index (Phi) is 10.4. The van der Waals surface area contributed by atoms with Gasteiger partial charge in [-0.2, -0.15) is 0 Å². The predicted molar refractivity (Wildman–Crippen MR) is 87.7 cm³/mol. The van der Waals surface area contributed by atoms with E-state index >= 15 is 0 Å². The molecule has 0 aromatic carbocycles. The summed E-state index contributed by atoms with van der Waals surface area (Å²) in [5, 5.41) is 0. The third-order valence-electron chi connectivity index (χ3n) is 5.14. The van der Waals surface area contributed by atoms with Crippen LogP contribution in [0.2, 0.25) is 0 Å². The molecular weight excluding hydrogens is 402 g/mol. The molecule has 3 aliphatic rings. The first-order valence-corrected chi connectivity index (χ1v) is 11.4. The Morgan fingerprint density at radius 1 is 1.09 bits per heavy atom. The monoisotopic (exact) mass is 428 g/mol. The Labute approximate surface area is 166 Å². The van der Waals surface area contributed by atoms with E-state index in [-0.39, 0.29) is 24.8 Å². The Morgan fingerprint density at radius 2 is 1.87 bits per heavy atom. The number of hydrogen-bond acceptors (Lipinski definition) is 0. The van der Waals surface area contributed by atoms with Crippen LogP contribution in [0.3, 0.4) is 0 Å². The van der Waals surface area contributed by atoms with Gasteiger partial charge in [-0.25, -0.2) is 0 Å². The second-order valence-electron chi connectivity index (χ2n) is 6.73. The van der Waals surface area contributed by atoms with E-state index in [0.29, 0.717) is 0 Å². The number of unbranched alkanes of at least 4 members (excludes halogenated alkanes) is 1. The third kappa shape index (κ3) is 5.72. The van der Waals surface area contributed by atoms with E-state index < -0.39 is 23.2 Å². The van der Waals surface area contributed by atoms with Gasteiger partial charge in [0.2, 0.25) is 0 Å². The summed E-state index contributed by atoms with van der Waals surface area (Å²) in [6.45, 7) is 2.33. The van der Waals surface area contributed by atoms with Gasteiger partial charge in [0.25, 0.3) is 0 Å². The predicted octanol–water partition coefficient (Wildman–Crippen LogP) is 0.275. The summed E-state index contributed by atoms with van der Waals surface area (Å²) in [5.74, 6) is 0.920. The zero-order valence-electron chi connectivity index (χ0n) is 14.2. The first-order valence-electron chi connectivity index (χ1n) is 8.93. The van der Waals surface area contributed by atoms with Crippen molar-refractivity contribution in [3.8, 4) is 0 Å². The molecule has 1 fully saturated rings. The van der Waals surface area contributed by atoms with E-state index in [1.807, 2.05) is 14.4 Å². The quantitative estimate of drug-likeness (QED) is 0.568. The molecule has 0 aromatic rings. The van der Waals surface area contributed by atoms with Gasteiger partial charge in [-0.1, -0.05) is 0 Å². The summed E-state index contributed by atoms with van der Waals surface area (Å²) in [7, 11) is 0. The van der Waals surface area contributed by atoms with Gasteiger partial charge in [0.1, 0.15) is 0 Å². The van der Waals surface area contributed by atoms with Crippen LogP contribution in [-0.2, 0) is 23.2 Å². The van der Waals surface area contributed by atoms with E-state index in [1.54, 1.807) is 3.28 Å². The maximum Gasteiger partial charge on any atom is -1.00 e. The van der Waals surface area contributed by atoms with Gasteiger partial charge in [-0.3, -0.25) is 0 Å². The van der Waals surface area contributed by atoms with Crippen LogP contribution in [0.15, 0.2) is 42.0 Å². The minimum atomic E-state index is -0.513. The average molecular weight is 431 g/mol. The van der Waals surface area contributed by atoms with E-state index in [1.165, 1.54) is 64.2 Å². The van der Waals surface area contributed by atoms with Crippen LogP contribution in [0.4, 0.5) is 0 Å².